The lowest BCUT2D eigenvalue weighted by Gasteiger charge is -2.24. The largest absolute Gasteiger partial charge is 0.502 e. The second-order valence-electron chi connectivity index (χ2n) is 4.84. The molecular formula is C13H18N2O5. The molecule has 7 nitrogen and oxygen atoms in total. The van der Waals surface area contributed by atoms with Crippen molar-refractivity contribution in [1.29, 1.82) is 0 Å². The molecule has 1 aromatic rings. The Labute approximate surface area is 116 Å². The number of aromatic hydroxyl groups is 1. The summed E-state index contributed by atoms with van der Waals surface area (Å²) in [6.45, 7) is 6.35. The van der Waals surface area contributed by atoms with Crippen LogP contribution in [0.5, 0.6) is 5.75 Å². The average Bonchev–Trinajstić information content (AvgIpc) is 2.35. The van der Waals surface area contributed by atoms with Gasteiger partial charge in [0.1, 0.15) is 0 Å². The van der Waals surface area contributed by atoms with Gasteiger partial charge in [-0.25, -0.2) is 0 Å². The number of nitrogens with one attached hydrogen (secondary N) is 1. The number of benzene rings is 1. The molecule has 0 bridgehead atoms. The molecule has 0 aliphatic heterocycles. The van der Waals surface area contributed by atoms with Gasteiger partial charge in [0.25, 0.3) is 5.91 Å². The number of phenolic OH excluding ortho intramolecular Hbond substituents is 1. The second-order valence-corrected chi connectivity index (χ2v) is 4.84. The van der Waals surface area contributed by atoms with E-state index in [1.807, 2.05) is 20.8 Å². The molecule has 0 unspecified atom stereocenters. The van der Waals surface area contributed by atoms with E-state index in [0.717, 1.165) is 12.1 Å². The normalized spacial score (nSPS) is 11.2. The number of rotatable bonds is 6. The number of carbonyl (C=O) groups is 1. The number of amides is 1. The molecule has 0 atom stereocenters. The summed E-state index contributed by atoms with van der Waals surface area (Å²) >= 11 is 0. The molecule has 110 valence electrons. The van der Waals surface area contributed by atoms with E-state index in [1.54, 1.807) is 0 Å². The van der Waals surface area contributed by atoms with Gasteiger partial charge < -0.3 is 15.2 Å². The Hall–Kier alpha value is -2.15. The summed E-state index contributed by atoms with van der Waals surface area (Å²) in [7, 11) is 0. The highest BCUT2D eigenvalue weighted by atomic mass is 16.6. The van der Waals surface area contributed by atoms with Crippen LogP contribution >= 0.6 is 0 Å². The van der Waals surface area contributed by atoms with Crippen LogP contribution < -0.4 is 5.32 Å². The lowest BCUT2D eigenvalue weighted by atomic mass is 10.1. The maximum atomic E-state index is 11.9. The van der Waals surface area contributed by atoms with Crippen molar-refractivity contribution >= 4 is 11.6 Å². The fourth-order valence-electron chi connectivity index (χ4n) is 1.66. The Morgan fingerprint density at radius 3 is 2.65 bits per heavy atom. The predicted octanol–water partition coefficient (Wildman–Crippen LogP) is 1.85. The van der Waals surface area contributed by atoms with Gasteiger partial charge in [-0.15, -0.1) is 0 Å². The van der Waals surface area contributed by atoms with Crippen molar-refractivity contribution in [2.45, 2.75) is 26.4 Å². The Balaban J connectivity index is 2.74. The molecule has 0 heterocycles. The number of nitro benzene ring substituents is 1. The van der Waals surface area contributed by atoms with E-state index >= 15 is 0 Å². The van der Waals surface area contributed by atoms with Gasteiger partial charge in [-0.1, -0.05) is 0 Å². The van der Waals surface area contributed by atoms with Gasteiger partial charge in [-0.05, 0) is 32.9 Å². The fourth-order valence-corrected chi connectivity index (χ4v) is 1.66. The smallest absolute Gasteiger partial charge is 0.310 e. The van der Waals surface area contributed by atoms with Crippen molar-refractivity contribution in [3.8, 4) is 5.75 Å². The first kappa shape index (κ1) is 15.9. The van der Waals surface area contributed by atoms with Gasteiger partial charge in [0.05, 0.1) is 10.5 Å². The molecule has 0 fully saturated rings. The van der Waals surface area contributed by atoms with Gasteiger partial charge in [-0.2, -0.15) is 0 Å². The second kappa shape index (κ2) is 6.33. The van der Waals surface area contributed by atoms with E-state index in [9.17, 15) is 20.0 Å². The minimum Gasteiger partial charge on any atom is -0.502 e. The highest BCUT2D eigenvalue weighted by Gasteiger charge is 2.20. The van der Waals surface area contributed by atoms with E-state index in [0.29, 0.717) is 6.61 Å². The zero-order valence-electron chi connectivity index (χ0n) is 11.7. The first-order valence-corrected chi connectivity index (χ1v) is 6.16. The number of carbonyl (C=O) groups excluding carboxylic acids is 1. The molecule has 0 aromatic heterocycles. The quantitative estimate of drug-likeness (QED) is 0.612. The van der Waals surface area contributed by atoms with Crippen LogP contribution in [0.1, 0.15) is 31.1 Å². The summed E-state index contributed by atoms with van der Waals surface area (Å²) in [6, 6.07) is 3.46. The van der Waals surface area contributed by atoms with E-state index in [-0.39, 0.29) is 12.1 Å². The summed E-state index contributed by atoms with van der Waals surface area (Å²) in [5.41, 5.74) is -0.788. The lowest BCUT2D eigenvalue weighted by molar-refractivity contribution is -0.385. The molecule has 0 aliphatic rings. The fraction of sp³-hybridized carbons (Fsp3) is 0.462. The molecule has 0 radical (unpaired) electrons. The number of phenols is 1. The van der Waals surface area contributed by atoms with Crippen molar-refractivity contribution in [3.05, 3.63) is 33.9 Å². The van der Waals surface area contributed by atoms with Gasteiger partial charge in [0.15, 0.2) is 5.75 Å². The SMILES string of the molecule is CCOC(C)(C)CNC(=O)c1ccc([N+](=O)[O-])c(O)c1. The van der Waals surface area contributed by atoms with E-state index < -0.39 is 27.9 Å². The first-order valence-electron chi connectivity index (χ1n) is 6.16. The molecule has 2 N–H and O–H groups in total. The summed E-state index contributed by atoms with van der Waals surface area (Å²) in [6.07, 6.45) is 0. The molecule has 0 saturated heterocycles. The standard InChI is InChI=1S/C13H18N2O5/c1-4-20-13(2,3)8-14-12(17)9-5-6-10(15(18)19)11(16)7-9/h5-7,16H,4,8H2,1-3H3,(H,14,17). The lowest BCUT2D eigenvalue weighted by Crippen LogP contribution is -2.40. The predicted molar refractivity (Wildman–Crippen MR) is 72.8 cm³/mol. The Morgan fingerprint density at radius 2 is 2.15 bits per heavy atom. The monoisotopic (exact) mass is 282 g/mol. The first-order chi connectivity index (χ1) is 9.26. The maximum absolute atomic E-state index is 11.9. The van der Waals surface area contributed by atoms with Gasteiger partial charge in [0.2, 0.25) is 0 Å². The Morgan fingerprint density at radius 1 is 1.50 bits per heavy atom. The Bertz CT molecular complexity index is 513. The molecule has 1 aromatic carbocycles. The number of ether oxygens (including phenoxy) is 1. The molecule has 20 heavy (non-hydrogen) atoms. The molecule has 7 heteroatoms. The summed E-state index contributed by atoms with van der Waals surface area (Å²) in [5.74, 6) is -0.963. The molecule has 0 spiro atoms. The minimum absolute atomic E-state index is 0.153. The number of hydrogen-bond acceptors (Lipinski definition) is 5. The van der Waals surface area contributed by atoms with Crippen LogP contribution in [-0.2, 0) is 4.74 Å². The van der Waals surface area contributed by atoms with Crippen molar-refractivity contribution in [2.75, 3.05) is 13.2 Å². The third-order valence-corrected chi connectivity index (χ3v) is 2.64. The zero-order chi connectivity index (χ0) is 15.3. The topological polar surface area (TPSA) is 102 Å². The van der Waals surface area contributed by atoms with Crippen LogP contribution in [0, 0.1) is 10.1 Å². The summed E-state index contributed by atoms with van der Waals surface area (Å²) in [4.78, 5) is 21.7. The maximum Gasteiger partial charge on any atom is 0.310 e. The van der Waals surface area contributed by atoms with Crippen molar-refractivity contribution in [1.82, 2.24) is 5.32 Å². The molecule has 0 saturated carbocycles. The highest BCUT2D eigenvalue weighted by molar-refractivity contribution is 5.95. The summed E-state index contributed by atoms with van der Waals surface area (Å²) in [5, 5.41) is 22.7. The van der Waals surface area contributed by atoms with Crippen molar-refractivity contribution in [2.24, 2.45) is 0 Å². The zero-order valence-corrected chi connectivity index (χ0v) is 11.7. The van der Waals surface area contributed by atoms with E-state index in [1.165, 1.54) is 6.07 Å². The minimum atomic E-state index is -0.713. The van der Waals surface area contributed by atoms with Gasteiger partial charge >= 0.3 is 5.69 Å². The molecular weight excluding hydrogens is 264 g/mol. The average molecular weight is 282 g/mol. The third kappa shape index (κ3) is 4.20. The van der Waals surface area contributed by atoms with Crippen LogP contribution in [0.15, 0.2) is 18.2 Å². The Kier molecular flexibility index (Phi) is 5.04. The van der Waals surface area contributed by atoms with Crippen LogP contribution in [0.4, 0.5) is 5.69 Å². The van der Waals surface area contributed by atoms with E-state index in [4.69, 9.17) is 4.74 Å². The number of hydrogen-bond donors (Lipinski definition) is 2. The van der Waals surface area contributed by atoms with Gasteiger partial charge in [0, 0.05) is 24.8 Å². The van der Waals surface area contributed by atoms with Crippen molar-refractivity contribution < 1.29 is 19.6 Å². The van der Waals surface area contributed by atoms with Crippen molar-refractivity contribution in [3.63, 3.8) is 0 Å². The highest BCUT2D eigenvalue weighted by Crippen LogP contribution is 2.26. The molecule has 1 rings (SSSR count). The van der Waals surface area contributed by atoms with Crippen LogP contribution in [0.25, 0.3) is 0 Å². The summed E-state index contributed by atoms with van der Waals surface area (Å²) < 4.78 is 5.44. The van der Waals surface area contributed by atoms with Crippen LogP contribution in [0.2, 0.25) is 0 Å². The number of nitro groups is 1. The number of nitrogens with zero attached hydrogens (tertiary/aromatic N) is 1. The third-order valence-electron chi connectivity index (χ3n) is 2.64. The van der Waals surface area contributed by atoms with Crippen LogP contribution in [0.3, 0.4) is 0 Å². The molecule has 0 aliphatic carbocycles. The van der Waals surface area contributed by atoms with E-state index in [2.05, 4.69) is 5.32 Å². The molecule has 1 amide bonds. The van der Waals surface area contributed by atoms with Crippen LogP contribution in [-0.4, -0.2) is 34.7 Å². The van der Waals surface area contributed by atoms with Gasteiger partial charge in [-0.3, -0.25) is 14.9 Å².